The van der Waals surface area contributed by atoms with E-state index in [1.165, 1.54) is 37.8 Å². The predicted molar refractivity (Wildman–Crippen MR) is 72.1 cm³/mol. The lowest BCUT2D eigenvalue weighted by atomic mass is 10.0. The van der Waals surface area contributed by atoms with E-state index in [1.54, 1.807) is 0 Å². The average molecular weight is 248 g/mol. The van der Waals surface area contributed by atoms with Gasteiger partial charge in [0.2, 0.25) is 0 Å². The molecule has 2 fully saturated rings. The minimum atomic E-state index is 0.161. The number of nitrogens with zero attached hydrogens (tertiary/aromatic N) is 3. The van der Waals surface area contributed by atoms with E-state index in [2.05, 4.69) is 23.1 Å². The molecular weight excluding hydrogens is 224 g/mol. The second-order valence-corrected chi connectivity index (χ2v) is 6.12. The number of rotatable bonds is 6. The molecule has 100 valence electrons. The van der Waals surface area contributed by atoms with Gasteiger partial charge in [0.25, 0.3) is 0 Å². The third-order valence-electron chi connectivity index (χ3n) is 4.10. The van der Waals surface area contributed by atoms with Crippen molar-refractivity contribution >= 4 is 0 Å². The Morgan fingerprint density at radius 1 is 1.44 bits per heavy atom. The summed E-state index contributed by atoms with van der Waals surface area (Å²) in [6.07, 6.45) is 9.60. The number of hydrogen-bond acceptors (Lipinski definition) is 3. The Hall–Kier alpha value is -0.870. The van der Waals surface area contributed by atoms with E-state index in [-0.39, 0.29) is 6.04 Å². The maximum Gasteiger partial charge on any atom is 0.0538 e. The maximum atomic E-state index is 6.26. The molecule has 0 saturated heterocycles. The molecule has 2 N–H and O–H groups in total. The third-order valence-corrected chi connectivity index (χ3v) is 4.10. The molecule has 4 heteroatoms. The van der Waals surface area contributed by atoms with Crippen LogP contribution in [0.2, 0.25) is 0 Å². The van der Waals surface area contributed by atoms with Gasteiger partial charge >= 0.3 is 0 Å². The lowest BCUT2D eigenvalue weighted by molar-refractivity contribution is 0.159. The molecule has 0 spiro atoms. The molecule has 4 nitrogen and oxygen atoms in total. The Morgan fingerprint density at radius 2 is 2.17 bits per heavy atom. The van der Waals surface area contributed by atoms with Crippen LogP contribution >= 0.6 is 0 Å². The van der Waals surface area contributed by atoms with Crippen LogP contribution in [0.4, 0.5) is 0 Å². The third kappa shape index (κ3) is 2.59. The summed E-state index contributed by atoms with van der Waals surface area (Å²) in [5, 5.41) is 4.31. The Balaban J connectivity index is 1.81. The van der Waals surface area contributed by atoms with Crippen LogP contribution in [0.25, 0.3) is 0 Å². The van der Waals surface area contributed by atoms with Crippen molar-refractivity contribution in [1.82, 2.24) is 14.7 Å². The molecule has 2 aliphatic carbocycles. The van der Waals surface area contributed by atoms with E-state index in [0.29, 0.717) is 6.04 Å². The van der Waals surface area contributed by atoms with E-state index >= 15 is 0 Å². The quantitative estimate of drug-likeness (QED) is 0.833. The van der Waals surface area contributed by atoms with Crippen molar-refractivity contribution < 1.29 is 0 Å². The van der Waals surface area contributed by atoms with Crippen molar-refractivity contribution in [3.63, 3.8) is 0 Å². The molecule has 0 amide bonds. The Bertz CT molecular complexity index is 404. The van der Waals surface area contributed by atoms with Crippen molar-refractivity contribution in [1.29, 1.82) is 0 Å². The summed E-state index contributed by atoms with van der Waals surface area (Å²) in [6.45, 7) is 3.35. The Labute approximate surface area is 109 Å². The summed E-state index contributed by atoms with van der Waals surface area (Å²) in [4.78, 5) is 2.65. The summed E-state index contributed by atoms with van der Waals surface area (Å²) in [5.74, 6) is 0.920. The van der Waals surface area contributed by atoms with Crippen LogP contribution < -0.4 is 5.73 Å². The van der Waals surface area contributed by atoms with E-state index in [1.807, 2.05) is 17.9 Å². The molecule has 1 aromatic heterocycles. The van der Waals surface area contributed by atoms with Crippen LogP contribution in [0.5, 0.6) is 0 Å². The minimum absolute atomic E-state index is 0.161. The van der Waals surface area contributed by atoms with Gasteiger partial charge in [0.05, 0.1) is 12.2 Å². The smallest absolute Gasteiger partial charge is 0.0538 e. The standard InChI is InChI=1S/C14H24N4/c1-10(15)14(12-7-16-17(2)9-12)18(13-5-6-13)8-11-3-4-11/h7,9-11,13-14H,3-6,8,15H2,1-2H3. The summed E-state index contributed by atoms with van der Waals surface area (Å²) in [7, 11) is 1.98. The summed E-state index contributed by atoms with van der Waals surface area (Å²) >= 11 is 0. The molecule has 0 aliphatic heterocycles. The molecule has 0 aromatic carbocycles. The van der Waals surface area contributed by atoms with Crippen molar-refractivity contribution in [3.05, 3.63) is 18.0 Å². The number of aryl methyl sites for hydroxylation is 1. The fourth-order valence-corrected chi connectivity index (χ4v) is 2.88. The molecule has 1 heterocycles. The highest BCUT2D eigenvalue weighted by Crippen LogP contribution is 2.40. The predicted octanol–water partition coefficient (Wildman–Crippen LogP) is 1.68. The van der Waals surface area contributed by atoms with Gasteiger partial charge in [-0.3, -0.25) is 9.58 Å². The summed E-state index contributed by atoms with van der Waals surface area (Å²) in [5.41, 5.74) is 7.54. The van der Waals surface area contributed by atoms with Crippen molar-refractivity contribution in [2.24, 2.45) is 18.7 Å². The number of hydrogen-bond donors (Lipinski definition) is 1. The zero-order chi connectivity index (χ0) is 12.7. The van der Waals surface area contributed by atoms with E-state index in [9.17, 15) is 0 Å². The lowest BCUT2D eigenvalue weighted by Gasteiger charge is -2.34. The highest BCUT2D eigenvalue weighted by molar-refractivity contribution is 5.15. The van der Waals surface area contributed by atoms with Crippen LogP contribution in [0.15, 0.2) is 12.4 Å². The van der Waals surface area contributed by atoms with E-state index < -0.39 is 0 Å². The fourth-order valence-electron chi connectivity index (χ4n) is 2.88. The largest absolute Gasteiger partial charge is 0.326 e. The van der Waals surface area contributed by atoms with Gasteiger partial charge in [-0.2, -0.15) is 5.10 Å². The molecule has 2 saturated carbocycles. The molecular formula is C14H24N4. The first-order valence-corrected chi connectivity index (χ1v) is 7.15. The first kappa shape index (κ1) is 12.2. The maximum absolute atomic E-state index is 6.26. The second kappa shape index (κ2) is 4.67. The van der Waals surface area contributed by atoms with Crippen LogP contribution in [-0.4, -0.2) is 33.3 Å². The van der Waals surface area contributed by atoms with Crippen molar-refractivity contribution in [2.45, 2.75) is 50.7 Å². The highest BCUT2D eigenvalue weighted by atomic mass is 15.3. The molecule has 1 aromatic rings. The monoisotopic (exact) mass is 248 g/mol. The van der Waals surface area contributed by atoms with Gasteiger partial charge < -0.3 is 5.73 Å². The van der Waals surface area contributed by atoms with Crippen LogP contribution in [0.1, 0.15) is 44.2 Å². The molecule has 18 heavy (non-hydrogen) atoms. The zero-order valence-electron chi connectivity index (χ0n) is 11.4. The highest BCUT2D eigenvalue weighted by Gasteiger charge is 2.39. The van der Waals surface area contributed by atoms with Crippen LogP contribution in [-0.2, 0) is 7.05 Å². The number of aromatic nitrogens is 2. The van der Waals surface area contributed by atoms with Crippen molar-refractivity contribution in [3.8, 4) is 0 Å². The summed E-state index contributed by atoms with van der Waals surface area (Å²) < 4.78 is 1.88. The second-order valence-electron chi connectivity index (χ2n) is 6.12. The topological polar surface area (TPSA) is 47.1 Å². The molecule has 2 atom stereocenters. The molecule has 2 aliphatic rings. The molecule has 0 radical (unpaired) electrons. The lowest BCUT2D eigenvalue weighted by Crippen LogP contribution is -2.41. The normalized spacial score (nSPS) is 23.3. The SMILES string of the molecule is CC(N)C(c1cnn(C)c1)N(CC1CC1)C1CC1. The van der Waals surface area contributed by atoms with Crippen LogP contribution in [0.3, 0.4) is 0 Å². The van der Waals surface area contributed by atoms with Gasteiger partial charge in [0.15, 0.2) is 0 Å². The fraction of sp³-hybridized carbons (Fsp3) is 0.786. The van der Waals surface area contributed by atoms with Gasteiger partial charge in [0.1, 0.15) is 0 Å². The molecule has 2 unspecified atom stereocenters. The van der Waals surface area contributed by atoms with Gasteiger partial charge in [-0.05, 0) is 38.5 Å². The van der Waals surface area contributed by atoms with Gasteiger partial charge in [-0.25, -0.2) is 0 Å². The van der Waals surface area contributed by atoms with Crippen molar-refractivity contribution in [2.75, 3.05) is 6.54 Å². The first-order valence-electron chi connectivity index (χ1n) is 7.15. The Morgan fingerprint density at radius 3 is 2.61 bits per heavy atom. The van der Waals surface area contributed by atoms with Crippen LogP contribution in [0, 0.1) is 5.92 Å². The molecule has 3 rings (SSSR count). The Kier molecular flexibility index (Phi) is 3.16. The van der Waals surface area contributed by atoms with E-state index in [4.69, 9.17) is 5.73 Å². The minimum Gasteiger partial charge on any atom is -0.326 e. The van der Waals surface area contributed by atoms with E-state index in [0.717, 1.165) is 12.0 Å². The van der Waals surface area contributed by atoms with Gasteiger partial charge in [-0.1, -0.05) is 0 Å². The molecule has 0 bridgehead atoms. The first-order chi connectivity index (χ1) is 8.65. The average Bonchev–Trinajstić information content (AvgIpc) is 3.19. The van der Waals surface area contributed by atoms with Gasteiger partial charge in [-0.15, -0.1) is 0 Å². The number of nitrogens with two attached hydrogens (primary N) is 1. The zero-order valence-corrected chi connectivity index (χ0v) is 11.4. The van der Waals surface area contributed by atoms with Gasteiger partial charge in [0, 0.05) is 37.4 Å². The summed E-state index contributed by atoms with van der Waals surface area (Å²) in [6, 6.07) is 1.27.